The Bertz CT molecular complexity index is 502. The standard InChI is InChI=1S/C13H18ClNO2S/c14-12-7-4-8-13(15)11(12)9-18(16,17)10-5-2-1-3-6-10/h4,7-8,10H,1-3,5-6,9,15H2. The molecule has 18 heavy (non-hydrogen) atoms. The molecule has 1 aliphatic carbocycles. The second-order valence-corrected chi connectivity index (χ2v) is 7.56. The SMILES string of the molecule is Nc1cccc(Cl)c1CS(=O)(=O)C1CCCCC1. The molecule has 1 fully saturated rings. The second kappa shape index (κ2) is 5.49. The van der Waals surface area contributed by atoms with Crippen LogP contribution in [0.3, 0.4) is 0 Å². The van der Waals surface area contributed by atoms with Crippen molar-refractivity contribution in [1.29, 1.82) is 0 Å². The Labute approximate surface area is 113 Å². The van der Waals surface area contributed by atoms with Crippen LogP contribution < -0.4 is 5.73 Å². The molecule has 1 aromatic rings. The first kappa shape index (κ1) is 13.7. The summed E-state index contributed by atoms with van der Waals surface area (Å²) in [6, 6.07) is 5.11. The van der Waals surface area contributed by atoms with Crippen molar-refractivity contribution in [1.82, 2.24) is 0 Å². The van der Waals surface area contributed by atoms with E-state index in [1.54, 1.807) is 18.2 Å². The summed E-state index contributed by atoms with van der Waals surface area (Å²) in [6.07, 6.45) is 4.68. The average Bonchev–Trinajstić information content (AvgIpc) is 2.35. The molecule has 2 rings (SSSR count). The summed E-state index contributed by atoms with van der Waals surface area (Å²) in [6.45, 7) is 0. The second-order valence-electron chi connectivity index (χ2n) is 4.87. The molecule has 5 heteroatoms. The number of nitrogens with two attached hydrogens (primary N) is 1. The lowest BCUT2D eigenvalue weighted by Crippen LogP contribution is -2.25. The molecular formula is C13H18ClNO2S. The van der Waals surface area contributed by atoms with Crippen molar-refractivity contribution in [2.75, 3.05) is 5.73 Å². The number of hydrogen-bond acceptors (Lipinski definition) is 3. The fourth-order valence-electron chi connectivity index (χ4n) is 2.47. The van der Waals surface area contributed by atoms with Gasteiger partial charge in [-0.15, -0.1) is 0 Å². The van der Waals surface area contributed by atoms with Crippen molar-refractivity contribution in [2.24, 2.45) is 0 Å². The molecule has 1 aliphatic rings. The van der Waals surface area contributed by atoms with E-state index in [0.29, 0.717) is 16.3 Å². The zero-order valence-corrected chi connectivity index (χ0v) is 11.8. The number of halogens is 1. The third-order valence-electron chi connectivity index (χ3n) is 3.56. The molecule has 1 aromatic carbocycles. The zero-order valence-electron chi connectivity index (χ0n) is 10.2. The molecule has 0 atom stereocenters. The van der Waals surface area contributed by atoms with Gasteiger partial charge in [0.05, 0.1) is 11.0 Å². The fraction of sp³-hybridized carbons (Fsp3) is 0.538. The van der Waals surface area contributed by atoms with Gasteiger partial charge in [0.2, 0.25) is 0 Å². The highest BCUT2D eigenvalue weighted by Crippen LogP contribution is 2.30. The predicted octanol–water partition coefficient (Wildman–Crippen LogP) is 3.17. The lowest BCUT2D eigenvalue weighted by atomic mass is 10.0. The van der Waals surface area contributed by atoms with Crippen molar-refractivity contribution in [3.05, 3.63) is 28.8 Å². The van der Waals surface area contributed by atoms with Gasteiger partial charge in [0, 0.05) is 16.3 Å². The van der Waals surface area contributed by atoms with Crippen LogP contribution in [0.15, 0.2) is 18.2 Å². The van der Waals surface area contributed by atoms with Crippen LogP contribution in [0, 0.1) is 0 Å². The van der Waals surface area contributed by atoms with E-state index in [-0.39, 0.29) is 11.0 Å². The van der Waals surface area contributed by atoms with Crippen molar-refractivity contribution >= 4 is 27.1 Å². The maximum absolute atomic E-state index is 12.3. The van der Waals surface area contributed by atoms with Gasteiger partial charge in [0.15, 0.2) is 9.84 Å². The molecule has 0 heterocycles. The van der Waals surface area contributed by atoms with Gasteiger partial charge in [0.1, 0.15) is 0 Å². The Morgan fingerprint density at radius 2 is 1.89 bits per heavy atom. The Morgan fingerprint density at radius 3 is 2.50 bits per heavy atom. The molecule has 1 saturated carbocycles. The maximum atomic E-state index is 12.3. The summed E-state index contributed by atoms with van der Waals surface area (Å²) >= 11 is 6.03. The third kappa shape index (κ3) is 2.98. The maximum Gasteiger partial charge on any atom is 0.157 e. The van der Waals surface area contributed by atoms with Crippen molar-refractivity contribution in [3.8, 4) is 0 Å². The lowest BCUT2D eigenvalue weighted by molar-refractivity contribution is 0.483. The number of anilines is 1. The van der Waals surface area contributed by atoms with Gasteiger partial charge >= 0.3 is 0 Å². The normalized spacial score (nSPS) is 17.8. The molecule has 0 saturated heterocycles. The van der Waals surface area contributed by atoms with Crippen LogP contribution in [0.5, 0.6) is 0 Å². The number of benzene rings is 1. The highest BCUT2D eigenvalue weighted by Gasteiger charge is 2.28. The van der Waals surface area contributed by atoms with Crippen LogP contribution in [-0.4, -0.2) is 13.7 Å². The Morgan fingerprint density at radius 1 is 1.22 bits per heavy atom. The Kier molecular flexibility index (Phi) is 4.17. The predicted molar refractivity (Wildman–Crippen MR) is 75.4 cm³/mol. The fourth-order valence-corrected chi connectivity index (χ4v) is 4.81. The van der Waals surface area contributed by atoms with Crippen LogP contribution in [0.25, 0.3) is 0 Å². The highest BCUT2D eigenvalue weighted by molar-refractivity contribution is 7.91. The van der Waals surface area contributed by atoms with E-state index in [2.05, 4.69) is 0 Å². The van der Waals surface area contributed by atoms with E-state index in [4.69, 9.17) is 17.3 Å². The quantitative estimate of drug-likeness (QED) is 0.869. The molecule has 0 aromatic heterocycles. The lowest BCUT2D eigenvalue weighted by Gasteiger charge is -2.22. The van der Waals surface area contributed by atoms with Gasteiger partial charge in [0.25, 0.3) is 0 Å². The van der Waals surface area contributed by atoms with Crippen molar-refractivity contribution in [3.63, 3.8) is 0 Å². The van der Waals surface area contributed by atoms with Gasteiger partial charge < -0.3 is 5.73 Å². The Balaban J connectivity index is 2.22. The average molecular weight is 288 g/mol. The van der Waals surface area contributed by atoms with E-state index in [9.17, 15) is 8.42 Å². The van der Waals surface area contributed by atoms with E-state index in [0.717, 1.165) is 32.1 Å². The molecule has 2 N–H and O–H groups in total. The zero-order chi connectivity index (χ0) is 13.2. The summed E-state index contributed by atoms with van der Waals surface area (Å²) in [5.41, 5.74) is 6.82. The van der Waals surface area contributed by atoms with Crippen LogP contribution in [0.4, 0.5) is 5.69 Å². The third-order valence-corrected chi connectivity index (χ3v) is 6.09. The van der Waals surface area contributed by atoms with Crippen molar-refractivity contribution < 1.29 is 8.42 Å². The molecule has 3 nitrogen and oxygen atoms in total. The van der Waals surface area contributed by atoms with E-state index < -0.39 is 9.84 Å². The summed E-state index contributed by atoms with van der Waals surface area (Å²) in [7, 11) is -3.15. The van der Waals surface area contributed by atoms with Crippen molar-refractivity contribution in [2.45, 2.75) is 43.1 Å². The molecule has 0 amide bonds. The molecule has 0 unspecified atom stereocenters. The largest absolute Gasteiger partial charge is 0.398 e. The van der Waals surface area contributed by atoms with Crippen LogP contribution in [0.1, 0.15) is 37.7 Å². The monoisotopic (exact) mass is 287 g/mol. The molecule has 0 aliphatic heterocycles. The van der Waals surface area contributed by atoms with Crippen LogP contribution >= 0.6 is 11.6 Å². The molecule has 0 spiro atoms. The number of sulfone groups is 1. The summed E-state index contributed by atoms with van der Waals surface area (Å²) in [5.74, 6) is -0.0385. The molecular weight excluding hydrogens is 270 g/mol. The van der Waals surface area contributed by atoms with Gasteiger partial charge in [-0.3, -0.25) is 0 Å². The van der Waals surface area contributed by atoms with Gasteiger partial charge in [-0.25, -0.2) is 8.42 Å². The molecule has 0 bridgehead atoms. The first-order valence-electron chi connectivity index (χ1n) is 6.25. The topological polar surface area (TPSA) is 60.2 Å². The summed E-state index contributed by atoms with van der Waals surface area (Å²) in [5, 5.41) is 0.219. The minimum absolute atomic E-state index is 0.0385. The van der Waals surface area contributed by atoms with E-state index >= 15 is 0 Å². The minimum Gasteiger partial charge on any atom is -0.398 e. The molecule has 100 valence electrons. The number of hydrogen-bond donors (Lipinski definition) is 1. The highest BCUT2D eigenvalue weighted by atomic mass is 35.5. The van der Waals surface area contributed by atoms with Gasteiger partial charge in [-0.05, 0) is 25.0 Å². The van der Waals surface area contributed by atoms with Crippen LogP contribution in [0.2, 0.25) is 5.02 Å². The van der Waals surface area contributed by atoms with E-state index in [1.165, 1.54) is 0 Å². The van der Waals surface area contributed by atoms with Gasteiger partial charge in [-0.2, -0.15) is 0 Å². The van der Waals surface area contributed by atoms with E-state index in [1.807, 2.05) is 0 Å². The number of nitrogen functional groups attached to an aromatic ring is 1. The Hall–Kier alpha value is -0.740. The summed E-state index contributed by atoms with van der Waals surface area (Å²) < 4.78 is 24.7. The first-order chi connectivity index (χ1) is 8.50. The summed E-state index contributed by atoms with van der Waals surface area (Å²) in [4.78, 5) is 0. The number of rotatable bonds is 3. The first-order valence-corrected chi connectivity index (χ1v) is 8.34. The molecule has 0 radical (unpaired) electrons. The smallest absolute Gasteiger partial charge is 0.157 e. The van der Waals surface area contributed by atoms with Gasteiger partial charge in [-0.1, -0.05) is 36.9 Å². The minimum atomic E-state index is -3.15. The van der Waals surface area contributed by atoms with Crippen LogP contribution in [-0.2, 0) is 15.6 Å².